The van der Waals surface area contributed by atoms with Crippen molar-refractivity contribution < 1.29 is 23.2 Å². The zero-order valence-electron chi connectivity index (χ0n) is 18.1. The summed E-state index contributed by atoms with van der Waals surface area (Å²) in [7, 11) is 0. The Labute approximate surface area is 191 Å². The van der Waals surface area contributed by atoms with Crippen LogP contribution in [0.5, 0.6) is 0 Å². The van der Waals surface area contributed by atoms with E-state index in [4.69, 9.17) is 0 Å². The fourth-order valence-electron chi connectivity index (χ4n) is 4.66. The van der Waals surface area contributed by atoms with Gasteiger partial charge in [-0.25, -0.2) is 15.0 Å². The molecule has 1 aliphatic carbocycles. The van der Waals surface area contributed by atoms with E-state index in [9.17, 15) is 23.2 Å². The van der Waals surface area contributed by atoms with E-state index in [1.807, 2.05) is 0 Å². The molecule has 5 rings (SSSR count). The van der Waals surface area contributed by atoms with Crippen molar-refractivity contribution in [3.05, 3.63) is 53.0 Å². The lowest BCUT2D eigenvalue weighted by molar-refractivity contribution is -0.212. The number of anilines is 2. The van der Waals surface area contributed by atoms with Gasteiger partial charge in [-0.3, -0.25) is 4.79 Å². The number of hydrogen-bond acceptors (Lipinski definition) is 7. The number of carbonyl (C=O) groups is 1. The predicted octanol–water partition coefficient (Wildman–Crippen LogP) is 3.38. The van der Waals surface area contributed by atoms with E-state index in [2.05, 4.69) is 30.7 Å². The Hall–Kier alpha value is -3.90. The van der Waals surface area contributed by atoms with Gasteiger partial charge in [-0.15, -0.1) is 18.3 Å². The summed E-state index contributed by atoms with van der Waals surface area (Å²) >= 11 is 0. The second kappa shape index (κ2) is 7.85. The first-order valence-electron chi connectivity index (χ1n) is 10.7. The predicted molar refractivity (Wildman–Crippen MR) is 113 cm³/mol. The van der Waals surface area contributed by atoms with Gasteiger partial charge in [-0.05, 0) is 31.4 Å². The van der Waals surface area contributed by atoms with Crippen LogP contribution in [0.2, 0.25) is 0 Å². The number of nitrogens with zero attached hydrogens (tertiary/aromatic N) is 6. The maximum Gasteiger partial charge on any atom is 0.504 e. The van der Waals surface area contributed by atoms with Crippen molar-refractivity contribution >= 4 is 23.4 Å². The topological polar surface area (TPSA) is 122 Å². The minimum atomic E-state index is -4.63. The Balaban J connectivity index is 1.51. The van der Waals surface area contributed by atoms with Gasteiger partial charge in [0.25, 0.3) is 5.91 Å². The van der Waals surface area contributed by atoms with Crippen LogP contribution in [-0.2, 0) is 11.8 Å². The summed E-state index contributed by atoms with van der Waals surface area (Å²) in [4.78, 5) is 25.2. The maximum atomic E-state index is 12.7. The second-order valence-corrected chi connectivity index (χ2v) is 8.43. The number of carbonyl (C=O) groups excluding carboxylic acids is 1. The van der Waals surface area contributed by atoms with Gasteiger partial charge in [-0.1, -0.05) is 19.3 Å². The average Bonchev–Trinajstić information content (AvgIpc) is 3.35. The van der Waals surface area contributed by atoms with Crippen LogP contribution in [-0.4, -0.2) is 35.6 Å². The molecule has 34 heavy (non-hydrogen) atoms. The van der Waals surface area contributed by atoms with E-state index in [1.54, 1.807) is 13.0 Å². The fourth-order valence-corrected chi connectivity index (χ4v) is 4.66. The number of aromatic nitrogens is 5. The molecule has 1 spiro atoms. The van der Waals surface area contributed by atoms with Crippen molar-refractivity contribution in [3.8, 4) is 0 Å². The number of pyridine rings is 1. The lowest BCUT2D eigenvalue weighted by Gasteiger charge is -2.34. The summed E-state index contributed by atoms with van der Waals surface area (Å²) in [5.74, 6) is 0.0565. The van der Waals surface area contributed by atoms with Gasteiger partial charge < -0.3 is 15.8 Å². The Morgan fingerprint density at radius 1 is 1.18 bits per heavy atom. The van der Waals surface area contributed by atoms with Gasteiger partial charge >= 0.3 is 6.30 Å². The first kappa shape index (κ1) is 21.9. The van der Waals surface area contributed by atoms with Crippen molar-refractivity contribution in [1.82, 2.24) is 29.8 Å². The highest BCUT2D eigenvalue weighted by molar-refractivity contribution is 6.00. The van der Waals surface area contributed by atoms with Crippen LogP contribution in [0.15, 0.2) is 35.7 Å². The third kappa shape index (κ3) is 3.76. The summed E-state index contributed by atoms with van der Waals surface area (Å²) < 4.78 is 39.1. The molecule has 0 unspecified atom stereocenters. The van der Waals surface area contributed by atoms with Gasteiger partial charge in [0.1, 0.15) is 12.1 Å². The highest BCUT2D eigenvalue weighted by atomic mass is 19.4. The molecule has 4 heterocycles. The van der Waals surface area contributed by atoms with Crippen molar-refractivity contribution in [3.63, 3.8) is 0 Å². The largest absolute Gasteiger partial charge is 0.504 e. The van der Waals surface area contributed by atoms with E-state index >= 15 is 0 Å². The zero-order valence-corrected chi connectivity index (χ0v) is 18.1. The fraction of sp³-hybridized carbons (Fsp3) is 0.381. The molecule has 10 nitrogen and oxygen atoms in total. The molecular formula is C21H21F3N8O2. The molecule has 0 aromatic carbocycles. The number of amides is 1. The molecule has 3 N–H and O–H groups in total. The number of hydrogen-bond donors (Lipinski definition) is 3. The van der Waals surface area contributed by atoms with Crippen LogP contribution in [0.1, 0.15) is 53.7 Å². The van der Waals surface area contributed by atoms with Crippen LogP contribution < -0.4 is 16.1 Å². The van der Waals surface area contributed by atoms with Crippen LogP contribution in [0.4, 0.5) is 30.6 Å². The summed E-state index contributed by atoms with van der Waals surface area (Å²) in [6.45, 7) is 1.78. The van der Waals surface area contributed by atoms with Gasteiger partial charge in [-0.2, -0.15) is 9.41 Å². The smallest absolute Gasteiger partial charge is 0.427 e. The lowest BCUT2D eigenvalue weighted by atomic mass is 9.79. The van der Waals surface area contributed by atoms with E-state index in [0.717, 1.165) is 49.1 Å². The van der Waals surface area contributed by atoms with E-state index in [0.29, 0.717) is 16.8 Å². The first-order valence-corrected chi connectivity index (χ1v) is 10.7. The number of alkyl halides is 3. The minimum Gasteiger partial charge on any atom is -0.427 e. The summed E-state index contributed by atoms with van der Waals surface area (Å²) in [6, 6.07) is 4.15. The number of halogens is 3. The Kier molecular flexibility index (Phi) is 5.06. The maximum absolute atomic E-state index is 12.7. The van der Waals surface area contributed by atoms with Gasteiger partial charge in [0.15, 0.2) is 17.1 Å². The zero-order chi connectivity index (χ0) is 24.1. The quantitative estimate of drug-likeness (QED) is 0.501. The molecule has 0 bridgehead atoms. The Bertz CT molecular complexity index is 1340. The first-order chi connectivity index (χ1) is 16.2. The van der Waals surface area contributed by atoms with Gasteiger partial charge in [0, 0.05) is 18.3 Å². The van der Waals surface area contributed by atoms with E-state index < -0.39 is 11.8 Å². The molecule has 178 valence electrons. The van der Waals surface area contributed by atoms with Gasteiger partial charge in [0.2, 0.25) is 0 Å². The summed E-state index contributed by atoms with van der Waals surface area (Å²) in [5, 5.41) is 20.2. The van der Waals surface area contributed by atoms with Crippen molar-refractivity contribution in [2.75, 3.05) is 5.32 Å². The average molecular weight is 474 g/mol. The standard InChI is InChI=1S/C21H21F3N8O2/c1-12-9-16(32(34)18-17(12)19(33)29-20(18)6-3-2-4-7-20)28-15-10-14(25-11-26-15)27-13-5-8-31(30-13)21(22,23)24/h5,8-11,34H,2-4,6-7H2,1H3,(H,29,33)(H,25,26,27,30). The molecule has 1 aliphatic heterocycles. The van der Waals surface area contributed by atoms with E-state index in [1.165, 1.54) is 12.4 Å². The van der Waals surface area contributed by atoms with Crippen LogP contribution in [0.3, 0.4) is 0 Å². The van der Waals surface area contributed by atoms with Crippen molar-refractivity contribution in [1.29, 1.82) is 0 Å². The van der Waals surface area contributed by atoms with Crippen LogP contribution in [0.25, 0.3) is 0 Å². The molecule has 3 aromatic rings. The van der Waals surface area contributed by atoms with E-state index in [-0.39, 0.29) is 33.5 Å². The number of fused-ring (bicyclic) bond motifs is 2. The molecule has 0 saturated heterocycles. The normalized spacial score (nSPS) is 17.6. The highest BCUT2D eigenvalue weighted by Crippen LogP contribution is 2.42. The number of nitrogens with one attached hydrogen (secondary N) is 2. The number of rotatable bonds is 3. The third-order valence-electron chi connectivity index (χ3n) is 6.13. The molecule has 2 aliphatic rings. The lowest BCUT2D eigenvalue weighted by Crippen LogP contribution is -2.43. The molecule has 0 atom stereocenters. The summed E-state index contributed by atoms with van der Waals surface area (Å²) in [6.07, 6.45) is 1.74. The molecule has 1 amide bonds. The van der Waals surface area contributed by atoms with Crippen molar-refractivity contribution in [2.24, 2.45) is 4.99 Å². The molecule has 13 heteroatoms. The summed E-state index contributed by atoms with van der Waals surface area (Å²) in [5.41, 5.74) is 1.16. The highest BCUT2D eigenvalue weighted by Gasteiger charge is 2.47. The molecular weight excluding hydrogens is 453 g/mol. The molecule has 0 radical (unpaired) electrons. The second-order valence-electron chi connectivity index (χ2n) is 8.43. The Morgan fingerprint density at radius 2 is 1.94 bits per heavy atom. The molecule has 3 aromatic heterocycles. The van der Waals surface area contributed by atoms with Crippen LogP contribution >= 0.6 is 0 Å². The molecule has 1 fully saturated rings. The van der Waals surface area contributed by atoms with Crippen molar-refractivity contribution in [2.45, 2.75) is 50.9 Å². The third-order valence-corrected chi connectivity index (χ3v) is 6.13. The Morgan fingerprint density at radius 3 is 2.65 bits per heavy atom. The van der Waals surface area contributed by atoms with Crippen LogP contribution in [0, 0.1) is 6.92 Å². The molecule has 1 saturated carbocycles. The number of aryl methyl sites for hydroxylation is 1. The van der Waals surface area contributed by atoms with Gasteiger partial charge in [0.05, 0.1) is 16.8 Å². The monoisotopic (exact) mass is 474 g/mol. The SMILES string of the molecule is Cc1cc(=Nc2cc(Nc3ccn(C(F)(F)F)n3)ncn2)n(O)c2c1C(=O)NC21CCCCC1. The minimum absolute atomic E-state index is 0.0589.